The number of halogens is 1. The van der Waals surface area contributed by atoms with Crippen LogP contribution in [0.4, 0.5) is 10.1 Å². The maximum atomic E-state index is 13.2. The van der Waals surface area contributed by atoms with Gasteiger partial charge in [-0.25, -0.2) is 4.39 Å². The first-order valence-corrected chi connectivity index (χ1v) is 7.27. The third-order valence-corrected chi connectivity index (χ3v) is 3.84. The van der Waals surface area contributed by atoms with Gasteiger partial charge in [-0.2, -0.15) is 0 Å². The van der Waals surface area contributed by atoms with Gasteiger partial charge < -0.3 is 14.5 Å². The highest BCUT2D eigenvalue weighted by atomic mass is 19.1. The summed E-state index contributed by atoms with van der Waals surface area (Å²) in [7, 11) is 1.72. The Morgan fingerprint density at radius 1 is 1.26 bits per heavy atom. The van der Waals surface area contributed by atoms with Crippen LogP contribution in [0.2, 0.25) is 0 Å². The first-order chi connectivity index (χ1) is 11.0. The smallest absolute Gasteiger partial charge is 0.272 e. The standard InChI is InChI=1S/C17H16FN3O2/c1-3-21-8-7-14-13(17(21)23)10-15(20(14)2)16(22)19-12-6-4-5-11(18)9-12/h4-10H,3H2,1-2H3,(H,19,22). The van der Waals surface area contributed by atoms with E-state index in [1.54, 1.807) is 40.6 Å². The van der Waals surface area contributed by atoms with Crippen molar-refractivity contribution < 1.29 is 9.18 Å². The molecule has 0 aliphatic heterocycles. The molecule has 0 bridgehead atoms. The van der Waals surface area contributed by atoms with Gasteiger partial charge in [0, 0.05) is 25.5 Å². The monoisotopic (exact) mass is 313 g/mol. The summed E-state index contributed by atoms with van der Waals surface area (Å²) >= 11 is 0. The molecule has 0 spiro atoms. The van der Waals surface area contributed by atoms with Crippen molar-refractivity contribution in [2.75, 3.05) is 5.32 Å². The van der Waals surface area contributed by atoms with Crippen molar-refractivity contribution in [2.45, 2.75) is 13.5 Å². The van der Waals surface area contributed by atoms with Crippen LogP contribution in [-0.4, -0.2) is 15.0 Å². The van der Waals surface area contributed by atoms with Gasteiger partial charge in [0.2, 0.25) is 0 Å². The molecule has 0 aliphatic rings. The molecule has 0 aliphatic carbocycles. The topological polar surface area (TPSA) is 56.0 Å². The van der Waals surface area contributed by atoms with Crippen LogP contribution in [-0.2, 0) is 13.6 Å². The van der Waals surface area contributed by atoms with Gasteiger partial charge >= 0.3 is 0 Å². The van der Waals surface area contributed by atoms with Gasteiger partial charge in [0.1, 0.15) is 11.5 Å². The summed E-state index contributed by atoms with van der Waals surface area (Å²) in [4.78, 5) is 24.7. The highest BCUT2D eigenvalue weighted by molar-refractivity contribution is 6.06. The van der Waals surface area contributed by atoms with Gasteiger partial charge in [-0.15, -0.1) is 0 Å². The van der Waals surface area contributed by atoms with Crippen LogP contribution in [0.1, 0.15) is 17.4 Å². The molecule has 23 heavy (non-hydrogen) atoms. The minimum absolute atomic E-state index is 0.134. The molecule has 1 N–H and O–H groups in total. The normalized spacial score (nSPS) is 10.9. The summed E-state index contributed by atoms with van der Waals surface area (Å²) < 4.78 is 16.4. The second kappa shape index (κ2) is 5.72. The Balaban J connectivity index is 2.02. The Morgan fingerprint density at radius 2 is 2.04 bits per heavy atom. The van der Waals surface area contributed by atoms with Crippen molar-refractivity contribution in [2.24, 2.45) is 7.05 Å². The largest absolute Gasteiger partial charge is 0.339 e. The van der Waals surface area contributed by atoms with Gasteiger partial charge in [-0.05, 0) is 37.3 Å². The molecule has 0 saturated carbocycles. The Morgan fingerprint density at radius 3 is 2.74 bits per heavy atom. The molecule has 118 valence electrons. The van der Waals surface area contributed by atoms with E-state index in [9.17, 15) is 14.0 Å². The summed E-state index contributed by atoms with van der Waals surface area (Å²) in [6.45, 7) is 2.45. The number of rotatable bonds is 3. The van der Waals surface area contributed by atoms with Crippen LogP contribution in [0.5, 0.6) is 0 Å². The van der Waals surface area contributed by atoms with Crippen molar-refractivity contribution in [1.82, 2.24) is 9.13 Å². The van der Waals surface area contributed by atoms with E-state index >= 15 is 0 Å². The fraction of sp³-hybridized carbons (Fsp3) is 0.176. The highest BCUT2D eigenvalue weighted by Crippen LogP contribution is 2.17. The van der Waals surface area contributed by atoms with E-state index in [-0.39, 0.29) is 5.56 Å². The third-order valence-electron chi connectivity index (χ3n) is 3.84. The van der Waals surface area contributed by atoms with Gasteiger partial charge in [0.25, 0.3) is 11.5 Å². The lowest BCUT2D eigenvalue weighted by atomic mass is 10.3. The molecule has 3 rings (SSSR count). The molecule has 6 heteroatoms. The quantitative estimate of drug-likeness (QED) is 0.808. The first-order valence-electron chi connectivity index (χ1n) is 7.27. The summed E-state index contributed by atoms with van der Waals surface area (Å²) in [5.41, 5.74) is 1.26. The summed E-state index contributed by atoms with van der Waals surface area (Å²) in [5, 5.41) is 3.13. The van der Waals surface area contributed by atoms with Crippen LogP contribution in [0.15, 0.2) is 47.4 Å². The predicted molar refractivity (Wildman–Crippen MR) is 87.2 cm³/mol. The molecule has 1 aromatic carbocycles. The van der Waals surface area contributed by atoms with Crippen molar-refractivity contribution in [3.8, 4) is 0 Å². The van der Waals surface area contributed by atoms with Gasteiger partial charge in [0.15, 0.2) is 0 Å². The molecule has 0 atom stereocenters. The molecule has 1 amide bonds. The maximum absolute atomic E-state index is 13.2. The van der Waals surface area contributed by atoms with Crippen molar-refractivity contribution in [1.29, 1.82) is 0 Å². The molecule has 2 aromatic heterocycles. The van der Waals surface area contributed by atoms with Gasteiger partial charge in [-0.3, -0.25) is 9.59 Å². The molecule has 3 aromatic rings. The molecule has 2 heterocycles. The number of aryl methyl sites for hydroxylation is 2. The average molecular weight is 313 g/mol. The van der Waals surface area contributed by atoms with E-state index in [0.717, 1.165) is 0 Å². The predicted octanol–water partition coefficient (Wildman–Crippen LogP) is 2.75. The van der Waals surface area contributed by atoms with Crippen molar-refractivity contribution in [3.63, 3.8) is 0 Å². The molecule has 0 saturated heterocycles. The van der Waals surface area contributed by atoms with E-state index in [0.29, 0.717) is 28.8 Å². The molecule has 0 fully saturated rings. The van der Waals surface area contributed by atoms with Crippen molar-refractivity contribution in [3.05, 3.63) is 64.5 Å². The molecular weight excluding hydrogens is 297 g/mol. The second-order valence-electron chi connectivity index (χ2n) is 5.26. The van der Waals surface area contributed by atoms with Crippen LogP contribution < -0.4 is 10.9 Å². The van der Waals surface area contributed by atoms with Crippen LogP contribution in [0.25, 0.3) is 10.9 Å². The SMILES string of the molecule is CCn1ccc2c(cc(C(=O)Nc3cccc(F)c3)n2C)c1=O. The van der Waals surface area contributed by atoms with Crippen molar-refractivity contribution >= 4 is 22.5 Å². The number of aromatic nitrogens is 2. The van der Waals surface area contributed by atoms with E-state index in [4.69, 9.17) is 0 Å². The minimum atomic E-state index is -0.425. The number of benzene rings is 1. The second-order valence-corrected chi connectivity index (χ2v) is 5.26. The number of amides is 1. The summed E-state index contributed by atoms with van der Waals surface area (Å²) in [6.07, 6.45) is 1.71. The number of fused-ring (bicyclic) bond motifs is 1. The van der Waals surface area contributed by atoms with E-state index in [2.05, 4.69) is 5.32 Å². The fourth-order valence-corrected chi connectivity index (χ4v) is 2.60. The Hall–Kier alpha value is -2.89. The first kappa shape index (κ1) is 15.0. The van der Waals surface area contributed by atoms with E-state index in [1.165, 1.54) is 18.2 Å². The van der Waals surface area contributed by atoms with Gasteiger partial charge in [0.05, 0.1) is 10.9 Å². The Bertz CT molecular complexity index is 956. The Kier molecular flexibility index (Phi) is 3.73. The van der Waals surface area contributed by atoms with E-state index < -0.39 is 11.7 Å². The molecule has 0 radical (unpaired) electrons. The molecule has 0 unspecified atom stereocenters. The number of nitrogens with zero attached hydrogens (tertiary/aromatic N) is 2. The third kappa shape index (κ3) is 2.63. The zero-order chi connectivity index (χ0) is 16.6. The molecule has 5 nitrogen and oxygen atoms in total. The maximum Gasteiger partial charge on any atom is 0.272 e. The minimum Gasteiger partial charge on any atom is -0.339 e. The van der Waals surface area contributed by atoms with Gasteiger partial charge in [-0.1, -0.05) is 6.07 Å². The number of anilines is 1. The highest BCUT2D eigenvalue weighted by Gasteiger charge is 2.16. The Labute approximate surface area is 132 Å². The zero-order valence-corrected chi connectivity index (χ0v) is 12.8. The zero-order valence-electron chi connectivity index (χ0n) is 12.8. The lowest BCUT2D eigenvalue weighted by molar-refractivity contribution is 0.102. The number of carbonyl (C=O) groups is 1. The lowest BCUT2D eigenvalue weighted by Crippen LogP contribution is -2.17. The lowest BCUT2D eigenvalue weighted by Gasteiger charge is -2.06. The van der Waals surface area contributed by atoms with Crippen LogP contribution in [0.3, 0.4) is 0 Å². The summed E-state index contributed by atoms with van der Waals surface area (Å²) in [5.74, 6) is -0.817. The fourth-order valence-electron chi connectivity index (χ4n) is 2.60. The summed E-state index contributed by atoms with van der Waals surface area (Å²) in [6, 6.07) is 9.04. The number of carbonyl (C=O) groups excluding carboxylic acids is 1. The van der Waals surface area contributed by atoms with Crippen LogP contribution >= 0.6 is 0 Å². The van der Waals surface area contributed by atoms with E-state index in [1.807, 2.05) is 6.92 Å². The molecular formula is C17H16FN3O2. The number of hydrogen-bond donors (Lipinski definition) is 1. The average Bonchev–Trinajstić information content (AvgIpc) is 2.86. The van der Waals surface area contributed by atoms with Crippen LogP contribution in [0, 0.1) is 5.82 Å². The number of pyridine rings is 1. The number of nitrogens with one attached hydrogen (secondary N) is 1. The number of hydrogen-bond acceptors (Lipinski definition) is 2.